The lowest BCUT2D eigenvalue weighted by atomic mass is 9.94. The summed E-state index contributed by atoms with van der Waals surface area (Å²) in [5, 5.41) is 10.3. The van der Waals surface area contributed by atoms with Crippen LogP contribution in [0.25, 0.3) is 0 Å². The van der Waals surface area contributed by atoms with Gasteiger partial charge in [0.1, 0.15) is 0 Å². The predicted octanol–water partition coefficient (Wildman–Crippen LogP) is 1.02. The zero-order chi connectivity index (χ0) is 17.1. The maximum absolute atomic E-state index is 12.4. The number of urea groups is 1. The summed E-state index contributed by atoms with van der Waals surface area (Å²) in [6.07, 6.45) is 5.18. The Labute approximate surface area is 143 Å². The van der Waals surface area contributed by atoms with E-state index in [1.54, 1.807) is 4.90 Å². The molecule has 1 saturated heterocycles. The van der Waals surface area contributed by atoms with Crippen LogP contribution < -0.4 is 5.32 Å². The largest absolute Gasteiger partial charge is 0.373 e. The summed E-state index contributed by atoms with van der Waals surface area (Å²) in [6.45, 7) is 7.70. The summed E-state index contributed by atoms with van der Waals surface area (Å²) in [7, 11) is 1.87. The van der Waals surface area contributed by atoms with E-state index in [2.05, 4.69) is 34.3 Å². The van der Waals surface area contributed by atoms with Gasteiger partial charge in [0.2, 0.25) is 0 Å². The van der Waals surface area contributed by atoms with Crippen LogP contribution in [0.4, 0.5) is 4.79 Å². The zero-order valence-corrected chi connectivity index (χ0v) is 14.9. The van der Waals surface area contributed by atoms with Gasteiger partial charge in [-0.2, -0.15) is 5.10 Å². The molecule has 134 valence electrons. The van der Waals surface area contributed by atoms with E-state index in [1.807, 2.05) is 13.2 Å². The maximum atomic E-state index is 12.4. The Kier molecular flexibility index (Phi) is 5.40. The van der Waals surface area contributed by atoms with Crippen LogP contribution in [0, 0.1) is 0 Å². The highest BCUT2D eigenvalue weighted by Gasteiger charge is 2.24. The van der Waals surface area contributed by atoms with Gasteiger partial charge in [-0.3, -0.25) is 10.00 Å². The maximum Gasteiger partial charge on any atom is 0.317 e. The van der Waals surface area contributed by atoms with Crippen molar-refractivity contribution in [1.29, 1.82) is 0 Å². The molecule has 24 heavy (non-hydrogen) atoms. The van der Waals surface area contributed by atoms with Gasteiger partial charge in [0.15, 0.2) is 0 Å². The number of aryl methyl sites for hydroxylation is 1. The molecule has 0 bridgehead atoms. The number of ether oxygens (including phenoxy) is 1. The van der Waals surface area contributed by atoms with Gasteiger partial charge in [-0.15, -0.1) is 0 Å². The van der Waals surface area contributed by atoms with Crippen LogP contribution in [0.3, 0.4) is 0 Å². The molecule has 1 fully saturated rings. The number of nitrogens with zero attached hydrogens (tertiary/aromatic N) is 3. The molecule has 1 aliphatic carbocycles. The van der Waals surface area contributed by atoms with Crippen molar-refractivity contribution in [2.24, 2.45) is 0 Å². The van der Waals surface area contributed by atoms with E-state index in [9.17, 15) is 4.79 Å². The second-order valence-electron chi connectivity index (χ2n) is 7.20. The van der Waals surface area contributed by atoms with Gasteiger partial charge in [0, 0.05) is 45.0 Å². The summed E-state index contributed by atoms with van der Waals surface area (Å²) < 4.78 is 5.75. The summed E-state index contributed by atoms with van der Waals surface area (Å²) >= 11 is 0. The van der Waals surface area contributed by atoms with Crippen molar-refractivity contribution in [2.45, 2.75) is 51.4 Å². The summed E-state index contributed by atoms with van der Waals surface area (Å²) in [5.74, 6) is 0. The first-order chi connectivity index (χ1) is 11.5. The normalized spacial score (nSPS) is 27.5. The number of hydrogen-bond acceptors (Lipinski definition) is 4. The molecule has 3 atom stereocenters. The fraction of sp³-hybridized carbons (Fsp3) is 0.765. The number of rotatable bonds is 4. The standard InChI is InChI=1S/C17H29N5O2/c1-12-10-22(11-13(2)24-12)7-6-21(3)17(23)19-15-4-5-16-14(8-15)9-18-20-16/h9,12-13,15H,4-8,10-11H2,1-3H3,(H,18,20)(H,19,23)/t12-,13+,15?. The highest BCUT2D eigenvalue weighted by molar-refractivity contribution is 5.74. The smallest absolute Gasteiger partial charge is 0.317 e. The lowest BCUT2D eigenvalue weighted by Gasteiger charge is -2.36. The van der Waals surface area contributed by atoms with Gasteiger partial charge in [-0.05, 0) is 38.7 Å². The Bertz CT molecular complexity index is 551. The third kappa shape index (κ3) is 4.27. The number of carbonyl (C=O) groups is 1. The highest BCUT2D eigenvalue weighted by Crippen LogP contribution is 2.19. The summed E-state index contributed by atoms with van der Waals surface area (Å²) in [4.78, 5) is 16.6. The lowest BCUT2D eigenvalue weighted by molar-refractivity contribution is -0.0684. The first-order valence-electron chi connectivity index (χ1n) is 8.92. The average molecular weight is 335 g/mol. The zero-order valence-electron chi connectivity index (χ0n) is 14.9. The molecule has 0 radical (unpaired) electrons. The molecular formula is C17H29N5O2. The second-order valence-corrected chi connectivity index (χ2v) is 7.20. The number of H-pyrrole nitrogens is 1. The lowest BCUT2D eigenvalue weighted by Crippen LogP contribution is -2.50. The van der Waals surface area contributed by atoms with Crippen LogP contribution in [0.5, 0.6) is 0 Å². The van der Waals surface area contributed by atoms with Gasteiger partial charge in [-0.25, -0.2) is 4.79 Å². The molecule has 1 unspecified atom stereocenters. The van der Waals surface area contributed by atoms with Crippen LogP contribution in [0.2, 0.25) is 0 Å². The summed E-state index contributed by atoms with van der Waals surface area (Å²) in [5.41, 5.74) is 2.44. The number of nitrogens with one attached hydrogen (secondary N) is 2. The van der Waals surface area contributed by atoms with Crippen molar-refractivity contribution in [3.05, 3.63) is 17.5 Å². The Morgan fingerprint density at radius 2 is 2.21 bits per heavy atom. The number of likely N-dealkylation sites (N-methyl/N-ethyl adjacent to an activating group) is 1. The van der Waals surface area contributed by atoms with Gasteiger partial charge >= 0.3 is 6.03 Å². The number of aromatic nitrogens is 2. The van der Waals surface area contributed by atoms with Gasteiger partial charge in [0.05, 0.1) is 18.4 Å². The van der Waals surface area contributed by atoms with Crippen LogP contribution in [0.15, 0.2) is 6.20 Å². The first-order valence-corrected chi connectivity index (χ1v) is 8.92. The topological polar surface area (TPSA) is 73.5 Å². The number of fused-ring (bicyclic) bond motifs is 1. The SMILES string of the molecule is C[C@@H]1CN(CCN(C)C(=O)NC2CCc3[nH]ncc3C2)C[C@H](C)O1. The minimum Gasteiger partial charge on any atom is -0.373 e. The number of hydrogen-bond donors (Lipinski definition) is 2. The molecule has 0 aromatic carbocycles. The van der Waals surface area contributed by atoms with Crippen LogP contribution in [-0.4, -0.2) is 77.5 Å². The Morgan fingerprint density at radius 3 is 2.96 bits per heavy atom. The quantitative estimate of drug-likeness (QED) is 0.861. The molecule has 1 aromatic rings. The van der Waals surface area contributed by atoms with E-state index in [-0.39, 0.29) is 24.3 Å². The third-order valence-electron chi connectivity index (χ3n) is 4.94. The monoisotopic (exact) mass is 335 g/mol. The minimum absolute atomic E-state index is 0.0151. The van der Waals surface area contributed by atoms with E-state index in [1.165, 1.54) is 11.3 Å². The molecule has 2 N–H and O–H groups in total. The Morgan fingerprint density at radius 1 is 1.46 bits per heavy atom. The molecule has 7 nitrogen and oxygen atoms in total. The number of aromatic amines is 1. The number of carbonyl (C=O) groups excluding carboxylic acids is 1. The number of morpholine rings is 1. The van der Waals surface area contributed by atoms with E-state index in [0.29, 0.717) is 0 Å². The van der Waals surface area contributed by atoms with Crippen LogP contribution in [-0.2, 0) is 17.6 Å². The highest BCUT2D eigenvalue weighted by atomic mass is 16.5. The van der Waals surface area contributed by atoms with Crippen molar-refractivity contribution in [3.8, 4) is 0 Å². The Hall–Kier alpha value is -1.60. The molecule has 3 rings (SSSR count). The van der Waals surface area contributed by atoms with Crippen LogP contribution >= 0.6 is 0 Å². The van der Waals surface area contributed by atoms with Crippen LogP contribution in [0.1, 0.15) is 31.5 Å². The molecule has 1 aromatic heterocycles. The van der Waals surface area contributed by atoms with Gasteiger partial charge < -0.3 is 15.0 Å². The van der Waals surface area contributed by atoms with Crippen molar-refractivity contribution < 1.29 is 9.53 Å². The van der Waals surface area contributed by atoms with E-state index < -0.39 is 0 Å². The first kappa shape index (κ1) is 17.2. The molecule has 0 spiro atoms. The van der Waals surface area contributed by atoms with Gasteiger partial charge in [-0.1, -0.05) is 0 Å². The van der Waals surface area contributed by atoms with Crippen molar-refractivity contribution in [3.63, 3.8) is 0 Å². The molecule has 2 heterocycles. The van der Waals surface area contributed by atoms with E-state index in [4.69, 9.17) is 4.74 Å². The fourth-order valence-electron chi connectivity index (χ4n) is 3.68. The van der Waals surface area contributed by atoms with Crippen molar-refractivity contribution >= 4 is 6.03 Å². The minimum atomic E-state index is 0.0151. The molecular weight excluding hydrogens is 306 g/mol. The summed E-state index contributed by atoms with van der Waals surface area (Å²) in [6, 6.07) is 0.217. The third-order valence-corrected chi connectivity index (χ3v) is 4.94. The molecule has 2 amide bonds. The van der Waals surface area contributed by atoms with E-state index >= 15 is 0 Å². The van der Waals surface area contributed by atoms with Gasteiger partial charge in [0.25, 0.3) is 0 Å². The van der Waals surface area contributed by atoms with Crippen molar-refractivity contribution in [2.75, 3.05) is 33.2 Å². The van der Waals surface area contributed by atoms with Crippen molar-refractivity contribution in [1.82, 2.24) is 25.3 Å². The molecule has 2 aliphatic rings. The molecule has 7 heteroatoms. The second kappa shape index (κ2) is 7.53. The van der Waals surface area contributed by atoms with E-state index in [0.717, 1.165) is 45.4 Å². The fourth-order valence-corrected chi connectivity index (χ4v) is 3.68. The average Bonchev–Trinajstić information content (AvgIpc) is 2.99. The molecule has 1 aliphatic heterocycles. The predicted molar refractivity (Wildman–Crippen MR) is 92.0 cm³/mol. The Balaban J connectivity index is 1.42. The molecule has 0 saturated carbocycles. The number of amides is 2.